The molecule has 0 saturated heterocycles. The van der Waals surface area contributed by atoms with Crippen molar-refractivity contribution < 1.29 is 0 Å². The average molecular weight is 287 g/mol. The monoisotopic (exact) mass is 287 g/mol. The number of allylic oxidation sites excluding steroid dienone is 1. The first-order valence-electron chi connectivity index (χ1n) is 8.56. The largest absolute Gasteiger partial charge is 0.0721 e. The highest BCUT2D eigenvalue weighted by Crippen LogP contribution is 2.39. The second kappa shape index (κ2) is 5.76. The summed E-state index contributed by atoms with van der Waals surface area (Å²) in [4.78, 5) is 0. The first kappa shape index (κ1) is 13.8. The lowest BCUT2D eigenvalue weighted by atomic mass is 9.83. The molecule has 0 nitrogen and oxygen atoms in total. The fourth-order valence-corrected chi connectivity index (χ4v) is 3.91. The summed E-state index contributed by atoms with van der Waals surface area (Å²) in [5, 5.41) is 0. The zero-order valence-corrected chi connectivity index (χ0v) is 13.3. The molecule has 2 aliphatic carbocycles. The Morgan fingerprint density at radius 2 is 1.64 bits per heavy atom. The quantitative estimate of drug-likeness (QED) is 0.678. The van der Waals surface area contributed by atoms with Crippen molar-refractivity contribution in [2.45, 2.75) is 44.9 Å². The molecule has 1 unspecified atom stereocenters. The van der Waals surface area contributed by atoms with E-state index in [2.05, 4.69) is 61.5 Å². The van der Waals surface area contributed by atoms with Crippen molar-refractivity contribution in [2.24, 2.45) is 0 Å². The molecule has 0 aliphatic heterocycles. The van der Waals surface area contributed by atoms with Crippen molar-refractivity contribution >= 4 is 6.08 Å². The molecule has 0 amide bonds. The molecule has 2 aliphatic rings. The lowest BCUT2D eigenvalue weighted by Gasteiger charge is -2.21. The minimum atomic E-state index is 0.572. The van der Waals surface area contributed by atoms with Crippen molar-refractivity contribution in [3.63, 3.8) is 0 Å². The Morgan fingerprint density at radius 1 is 0.909 bits per heavy atom. The molecule has 0 bridgehead atoms. The fourth-order valence-electron chi connectivity index (χ4n) is 3.91. The molecule has 22 heavy (non-hydrogen) atoms. The molecule has 1 atom stereocenters. The molecule has 0 fully saturated rings. The lowest BCUT2D eigenvalue weighted by Crippen LogP contribution is -2.07. The summed E-state index contributed by atoms with van der Waals surface area (Å²) in [7, 11) is 0. The molecule has 0 heteroatoms. The van der Waals surface area contributed by atoms with Crippen LogP contribution in [0.3, 0.4) is 0 Å². The molecule has 1 radical (unpaired) electrons. The maximum absolute atomic E-state index is 2.48. The van der Waals surface area contributed by atoms with E-state index in [-0.39, 0.29) is 0 Å². The Bertz CT molecular complexity index is 693. The predicted molar refractivity (Wildman–Crippen MR) is 93.9 cm³/mol. The number of benzene rings is 2. The highest BCUT2D eigenvalue weighted by atomic mass is 14.3. The second-order valence-corrected chi connectivity index (χ2v) is 6.79. The average Bonchev–Trinajstić information content (AvgIpc) is 2.95. The van der Waals surface area contributed by atoms with E-state index in [1.807, 2.05) is 0 Å². The van der Waals surface area contributed by atoms with Crippen LogP contribution in [-0.4, -0.2) is 0 Å². The fraction of sp³-hybridized carbons (Fsp3) is 0.318. The third kappa shape index (κ3) is 2.52. The van der Waals surface area contributed by atoms with Crippen LogP contribution >= 0.6 is 0 Å². The van der Waals surface area contributed by atoms with Gasteiger partial charge in [-0.3, -0.25) is 0 Å². The predicted octanol–water partition coefficient (Wildman–Crippen LogP) is 5.71. The van der Waals surface area contributed by atoms with Gasteiger partial charge in [-0.05, 0) is 65.8 Å². The number of rotatable bonds is 3. The Morgan fingerprint density at radius 3 is 2.41 bits per heavy atom. The van der Waals surface area contributed by atoms with E-state index in [0.29, 0.717) is 5.92 Å². The summed E-state index contributed by atoms with van der Waals surface area (Å²) < 4.78 is 0. The molecule has 2 aromatic rings. The Labute approximate surface area is 133 Å². The van der Waals surface area contributed by atoms with Crippen LogP contribution in [-0.2, 0) is 12.8 Å². The van der Waals surface area contributed by atoms with Crippen LogP contribution in [0.25, 0.3) is 6.08 Å². The van der Waals surface area contributed by atoms with Gasteiger partial charge >= 0.3 is 0 Å². The van der Waals surface area contributed by atoms with Crippen molar-refractivity contribution in [1.82, 2.24) is 0 Å². The van der Waals surface area contributed by atoms with E-state index in [9.17, 15) is 0 Å². The maximum atomic E-state index is 2.48. The minimum Gasteiger partial charge on any atom is -0.0721 e. The standard InChI is InChI=1S/C22H23/c1-16(17-7-3-2-4-8-17)13-20-11-12-21-14-18-9-5-6-10-19(18)15-22(20)21/h2-4,7-8,11-12,14-16H,5-6,9-10,13H2,1H3. The van der Waals surface area contributed by atoms with Gasteiger partial charge in [0.2, 0.25) is 0 Å². The van der Waals surface area contributed by atoms with Crippen LogP contribution in [0.4, 0.5) is 0 Å². The zero-order chi connectivity index (χ0) is 14.9. The molecule has 0 N–H and O–H groups in total. The van der Waals surface area contributed by atoms with Crippen LogP contribution in [0, 0.1) is 5.92 Å². The molecule has 111 valence electrons. The summed E-state index contributed by atoms with van der Waals surface area (Å²) in [5.74, 6) is 2.09. The summed E-state index contributed by atoms with van der Waals surface area (Å²) >= 11 is 0. The third-order valence-electron chi connectivity index (χ3n) is 5.22. The van der Waals surface area contributed by atoms with E-state index in [0.717, 1.165) is 6.42 Å². The number of hydrogen-bond acceptors (Lipinski definition) is 0. The van der Waals surface area contributed by atoms with Gasteiger partial charge < -0.3 is 0 Å². The Hall–Kier alpha value is -1.82. The van der Waals surface area contributed by atoms with E-state index in [1.165, 1.54) is 48.3 Å². The second-order valence-electron chi connectivity index (χ2n) is 6.79. The van der Waals surface area contributed by atoms with E-state index < -0.39 is 0 Å². The molecule has 2 aromatic carbocycles. The van der Waals surface area contributed by atoms with Crippen molar-refractivity contribution in [3.05, 3.63) is 82.3 Å². The molecular weight excluding hydrogens is 264 g/mol. The summed E-state index contributed by atoms with van der Waals surface area (Å²) in [6.45, 7) is 2.34. The van der Waals surface area contributed by atoms with Gasteiger partial charge in [0.05, 0.1) is 0 Å². The maximum Gasteiger partial charge on any atom is 0.0279 e. The molecular formula is C22H23. The Kier molecular flexibility index (Phi) is 3.62. The van der Waals surface area contributed by atoms with Gasteiger partial charge in [0.1, 0.15) is 0 Å². The Balaban J connectivity index is 1.58. The van der Waals surface area contributed by atoms with Crippen LogP contribution in [0.1, 0.15) is 59.9 Å². The van der Waals surface area contributed by atoms with Crippen molar-refractivity contribution in [3.8, 4) is 0 Å². The van der Waals surface area contributed by atoms with Gasteiger partial charge in [0.25, 0.3) is 0 Å². The summed E-state index contributed by atoms with van der Waals surface area (Å²) in [6.07, 6.45) is 11.0. The van der Waals surface area contributed by atoms with Crippen LogP contribution in [0.15, 0.2) is 48.5 Å². The van der Waals surface area contributed by atoms with Crippen LogP contribution < -0.4 is 0 Å². The number of hydrogen-bond donors (Lipinski definition) is 0. The molecule has 0 aromatic heterocycles. The normalized spacial score (nSPS) is 18.0. The van der Waals surface area contributed by atoms with Gasteiger partial charge in [-0.25, -0.2) is 0 Å². The third-order valence-corrected chi connectivity index (χ3v) is 5.22. The van der Waals surface area contributed by atoms with Gasteiger partial charge in [-0.2, -0.15) is 0 Å². The van der Waals surface area contributed by atoms with E-state index >= 15 is 0 Å². The van der Waals surface area contributed by atoms with Gasteiger partial charge in [0.15, 0.2) is 0 Å². The lowest BCUT2D eigenvalue weighted by molar-refractivity contribution is 0.683. The molecule has 0 saturated carbocycles. The minimum absolute atomic E-state index is 0.572. The van der Waals surface area contributed by atoms with E-state index in [4.69, 9.17) is 0 Å². The molecule has 4 rings (SSSR count). The van der Waals surface area contributed by atoms with Crippen molar-refractivity contribution in [2.75, 3.05) is 0 Å². The van der Waals surface area contributed by atoms with Crippen molar-refractivity contribution in [1.29, 1.82) is 0 Å². The summed E-state index contributed by atoms with van der Waals surface area (Å²) in [6, 6.07) is 15.8. The van der Waals surface area contributed by atoms with E-state index in [1.54, 1.807) is 11.1 Å². The molecule has 0 spiro atoms. The zero-order valence-electron chi connectivity index (χ0n) is 13.3. The molecule has 0 heterocycles. The van der Waals surface area contributed by atoms with Gasteiger partial charge in [-0.1, -0.05) is 61.5 Å². The first-order valence-corrected chi connectivity index (χ1v) is 8.56. The van der Waals surface area contributed by atoms with Gasteiger partial charge in [-0.15, -0.1) is 0 Å². The van der Waals surface area contributed by atoms with Crippen LogP contribution in [0.2, 0.25) is 0 Å². The summed E-state index contributed by atoms with van der Waals surface area (Å²) in [5.41, 5.74) is 7.56. The number of fused-ring (bicyclic) bond motifs is 2. The number of aryl methyl sites for hydroxylation is 2. The SMILES string of the molecule is CC(C[C]1C=Cc2cc3c(cc21)CCCC3)c1ccccc1. The topological polar surface area (TPSA) is 0 Å². The smallest absolute Gasteiger partial charge is 0.0279 e. The van der Waals surface area contributed by atoms with Crippen LogP contribution in [0.5, 0.6) is 0 Å². The highest BCUT2D eigenvalue weighted by Gasteiger charge is 2.23. The highest BCUT2D eigenvalue weighted by molar-refractivity contribution is 5.70. The van der Waals surface area contributed by atoms with Gasteiger partial charge in [0, 0.05) is 5.92 Å². The first-order chi connectivity index (χ1) is 10.8.